The molecule has 0 aliphatic rings. The Morgan fingerprint density at radius 3 is 2.60 bits per heavy atom. The molecule has 0 saturated carbocycles. The first-order chi connectivity index (χ1) is 9.92. The van der Waals surface area contributed by atoms with Gasteiger partial charge in [-0.3, -0.25) is 8.97 Å². The molecule has 0 bridgehead atoms. The van der Waals surface area contributed by atoms with Crippen LogP contribution in [0.3, 0.4) is 0 Å². The second kappa shape index (κ2) is 4.35. The Hall–Kier alpha value is -2.88. The molecule has 4 aromatic rings. The highest BCUT2D eigenvalue weighted by atomic mass is 15.2. The summed E-state index contributed by atoms with van der Waals surface area (Å²) >= 11 is 0. The molecule has 0 fully saturated rings. The van der Waals surface area contributed by atoms with Gasteiger partial charge in [0.25, 0.3) is 0 Å². The van der Waals surface area contributed by atoms with Crippen molar-refractivity contribution in [1.29, 1.82) is 0 Å². The van der Waals surface area contributed by atoms with Crippen LogP contribution in [0.1, 0.15) is 0 Å². The number of pyridine rings is 1. The number of fused-ring (bicyclic) bond motifs is 1. The van der Waals surface area contributed by atoms with Crippen molar-refractivity contribution in [3.8, 4) is 17.1 Å². The first-order valence-corrected chi connectivity index (χ1v) is 6.44. The van der Waals surface area contributed by atoms with Crippen LogP contribution in [0, 0.1) is 0 Å². The molecule has 0 saturated heterocycles. The van der Waals surface area contributed by atoms with Gasteiger partial charge in [-0.2, -0.15) is 0 Å². The van der Waals surface area contributed by atoms with Crippen LogP contribution in [0.2, 0.25) is 0 Å². The maximum atomic E-state index is 4.68. The second-order valence-electron chi connectivity index (χ2n) is 4.57. The Labute approximate surface area is 116 Å². The van der Waals surface area contributed by atoms with Gasteiger partial charge in [-0.05, 0) is 12.1 Å². The highest BCUT2D eigenvalue weighted by Gasteiger charge is 2.07. The van der Waals surface area contributed by atoms with Crippen molar-refractivity contribution < 1.29 is 0 Å². The molecule has 1 aromatic carbocycles. The van der Waals surface area contributed by atoms with E-state index in [2.05, 4.69) is 32.7 Å². The van der Waals surface area contributed by atoms with Crippen LogP contribution in [0.4, 0.5) is 0 Å². The predicted octanol–water partition coefficient (Wildman–Crippen LogP) is 3.19. The molecule has 4 rings (SSSR count). The fourth-order valence-electron chi connectivity index (χ4n) is 2.35. The lowest BCUT2D eigenvalue weighted by Crippen LogP contribution is -1.98. The molecule has 20 heavy (non-hydrogen) atoms. The van der Waals surface area contributed by atoms with Crippen molar-refractivity contribution in [2.45, 2.75) is 0 Å². The van der Waals surface area contributed by atoms with E-state index in [0.29, 0.717) is 0 Å². The normalized spacial score (nSPS) is 11.0. The Kier molecular flexibility index (Phi) is 2.39. The molecule has 0 amide bonds. The number of hydrogen-bond donors (Lipinski definition) is 0. The molecule has 3 aromatic heterocycles. The van der Waals surface area contributed by atoms with Gasteiger partial charge in [0, 0.05) is 24.2 Å². The van der Waals surface area contributed by atoms with E-state index in [1.165, 1.54) is 0 Å². The van der Waals surface area contributed by atoms with Crippen molar-refractivity contribution in [3.63, 3.8) is 0 Å². The minimum Gasteiger partial charge on any atom is -0.292 e. The Bertz CT molecular complexity index is 845. The zero-order valence-electron chi connectivity index (χ0n) is 10.7. The highest BCUT2D eigenvalue weighted by Crippen LogP contribution is 2.20. The van der Waals surface area contributed by atoms with E-state index in [0.717, 1.165) is 22.7 Å². The van der Waals surface area contributed by atoms with E-state index < -0.39 is 0 Å². The minimum absolute atomic E-state index is 0.926. The molecular weight excluding hydrogens is 248 g/mol. The molecule has 3 heterocycles. The lowest BCUT2D eigenvalue weighted by molar-refractivity contribution is 0.956. The van der Waals surface area contributed by atoms with Crippen molar-refractivity contribution in [3.05, 3.63) is 73.4 Å². The molecule has 4 nitrogen and oxygen atoms in total. The molecule has 0 spiro atoms. The molecule has 96 valence electrons. The van der Waals surface area contributed by atoms with Crippen LogP contribution < -0.4 is 0 Å². The van der Waals surface area contributed by atoms with Crippen LogP contribution in [0.15, 0.2) is 73.4 Å². The Morgan fingerprint density at radius 2 is 1.80 bits per heavy atom. The molecule has 0 radical (unpaired) electrons. The third-order valence-electron chi connectivity index (χ3n) is 3.31. The summed E-state index contributed by atoms with van der Waals surface area (Å²) < 4.78 is 4.05. The third kappa shape index (κ3) is 1.70. The number of rotatable bonds is 2. The van der Waals surface area contributed by atoms with Crippen LogP contribution >= 0.6 is 0 Å². The molecule has 0 aliphatic carbocycles. The fourth-order valence-corrected chi connectivity index (χ4v) is 2.35. The van der Waals surface area contributed by atoms with E-state index in [4.69, 9.17) is 0 Å². The summed E-state index contributed by atoms with van der Waals surface area (Å²) in [5.74, 6) is 1.02. The van der Waals surface area contributed by atoms with E-state index in [1.54, 1.807) is 12.5 Å². The van der Waals surface area contributed by atoms with E-state index >= 15 is 0 Å². The van der Waals surface area contributed by atoms with Crippen LogP contribution in [-0.2, 0) is 0 Å². The summed E-state index contributed by atoms with van der Waals surface area (Å²) in [7, 11) is 0. The average molecular weight is 260 g/mol. The number of benzene rings is 1. The SMILES string of the molecule is c1ccc(-c2cn3c(-n4ccnc4)cccc3n2)cc1. The van der Waals surface area contributed by atoms with Crippen LogP contribution in [-0.4, -0.2) is 18.9 Å². The summed E-state index contributed by atoms with van der Waals surface area (Å²) in [6.45, 7) is 0. The molecule has 4 heteroatoms. The van der Waals surface area contributed by atoms with Gasteiger partial charge in [0.15, 0.2) is 0 Å². The van der Waals surface area contributed by atoms with Gasteiger partial charge in [-0.15, -0.1) is 0 Å². The van der Waals surface area contributed by atoms with E-state index in [-0.39, 0.29) is 0 Å². The lowest BCUT2D eigenvalue weighted by atomic mass is 10.2. The number of imidazole rings is 2. The quantitative estimate of drug-likeness (QED) is 0.555. The van der Waals surface area contributed by atoms with Gasteiger partial charge < -0.3 is 0 Å². The fraction of sp³-hybridized carbons (Fsp3) is 0. The monoisotopic (exact) mass is 260 g/mol. The average Bonchev–Trinajstić information content (AvgIpc) is 3.17. The van der Waals surface area contributed by atoms with Gasteiger partial charge in [-0.25, -0.2) is 9.97 Å². The maximum absolute atomic E-state index is 4.68. The van der Waals surface area contributed by atoms with Crippen LogP contribution in [0.25, 0.3) is 22.7 Å². The van der Waals surface area contributed by atoms with Crippen molar-refractivity contribution >= 4 is 5.65 Å². The van der Waals surface area contributed by atoms with Gasteiger partial charge >= 0.3 is 0 Å². The van der Waals surface area contributed by atoms with Crippen molar-refractivity contribution in [2.75, 3.05) is 0 Å². The van der Waals surface area contributed by atoms with E-state index in [1.807, 2.05) is 47.2 Å². The topological polar surface area (TPSA) is 35.1 Å². The minimum atomic E-state index is 0.926. The third-order valence-corrected chi connectivity index (χ3v) is 3.31. The standard InChI is InChI=1S/C16H12N4/c1-2-5-13(6-3-1)14-11-20-15(18-14)7-4-8-16(20)19-10-9-17-12-19/h1-12H. The maximum Gasteiger partial charge on any atom is 0.139 e. The summed E-state index contributed by atoms with van der Waals surface area (Å²) in [4.78, 5) is 8.78. The summed E-state index contributed by atoms with van der Waals surface area (Å²) in [6, 6.07) is 16.3. The number of nitrogens with zero attached hydrogens (tertiary/aromatic N) is 4. The second-order valence-corrected chi connectivity index (χ2v) is 4.57. The Balaban J connectivity index is 1.94. The van der Waals surface area contributed by atoms with Gasteiger partial charge in [0.2, 0.25) is 0 Å². The van der Waals surface area contributed by atoms with Gasteiger partial charge in [0.1, 0.15) is 17.8 Å². The first-order valence-electron chi connectivity index (χ1n) is 6.44. The zero-order valence-corrected chi connectivity index (χ0v) is 10.7. The van der Waals surface area contributed by atoms with Gasteiger partial charge in [-0.1, -0.05) is 36.4 Å². The first kappa shape index (κ1) is 11.0. The number of aromatic nitrogens is 4. The van der Waals surface area contributed by atoms with Gasteiger partial charge in [0.05, 0.1) is 5.69 Å². The smallest absolute Gasteiger partial charge is 0.139 e. The zero-order chi connectivity index (χ0) is 13.4. The molecule has 0 N–H and O–H groups in total. The lowest BCUT2D eigenvalue weighted by Gasteiger charge is -2.04. The van der Waals surface area contributed by atoms with Crippen LogP contribution in [0.5, 0.6) is 0 Å². The summed E-state index contributed by atoms with van der Waals surface area (Å²) in [5, 5.41) is 0. The summed E-state index contributed by atoms with van der Waals surface area (Å²) in [6.07, 6.45) is 7.54. The largest absolute Gasteiger partial charge is 0.292 e. The highest BCUT2D eigenvalue weighted by molar-refractivity contribution is 5.63. The predicted molar refractivity (Wildman–Crippen MR) is 77.8 cm³/mol. The molecule has 0 aliphatic heterocycles. The summed E-state index contributed by atoms with van der Waals surface area (Å²) in [5.41, 5.74) is 3.01. The Morgan fingerprint density at radius 1 is 0.900 bits per heavy atom. The van der Waals surface area contributed by atoms with E-state index in [9.17, 15) is 0 Å². The van der Waals surface area contributed by atoms with Crippen molar-refractivity contribution in [1.82, 2.24) is 18.9 Å². The van der Waals surface area contributed by atoms with Crippen molar-refractivity contribution in [2.24, 2.45) is 0 Å². The molecule has 0 atom stereocenters. The molecule has 0 unspecified atom stereocenters. The molecular formula is C16H12N4. The number of hydrogen-bond acceptors (Lipinski definition) is 2.